The molecule has 32 heteroatoms. The summed E-state index contributed by atoms with van der Waals surface area (Å²) < 4.78 is 7.71. The highest BCUT2D eigenvalue weighted by Crippen LogP contribution is 2.27. The maximum atomic E-state index is 12.1. The quantitative estimate of drug-likeness (QED) is 0.0725. The topological polar surface area (TPSA) is 263 Å². The molecule has 12 aromatic rings. The van der Waals surface area contributed by atoms with Crippen LogP contribution in [0, 0.1) is 0 Å². The lowest BCUT2D eigenvalue weighted by Crippen LogP contribution is -2.46. The molecule has 0 aromatic carbocycles. The smallest absolute Gasteiger partial charge is 0.272 e. The van der Waals surface area contributed by atoms with Gasteiger partial charge in [0.05, 0.1) is 30.3 Å². The zero-order chi connectivity index (χ0) is 62.8. The number of thiophene rings is 8. The molecule has 12 rings (SSSR count). The highest BCUT2D eigenvalue weighted by molar-refractivity contribution is 9.12. The van der Waals surface area contributed by atoms with Crippen molar-refractivity contribution in [3.05, 3.63) is 292 Å². The van der Waals surface area contributed by atoms with Crippen molar-refractivity contribution in [2.45, 2.75) is 0 Å². The number of rotatable bonds is 8. The summed E-state index contributed by atoms with van der Waals surface area (Å²) in [4.78, 5) is 125. The van der Waals surface area contributed by atoms with Crippen LogP contribution in [0.15, 0.2) is 166 Å². The summed E-state index contributed by atoms with van der Waals surface area (Å²) >= 11 is 38.8. The minimum atomic E-state index is -0.328. The molecular weight excluding hydrogens is 1810 g/mol. The highest BCUT2D eigenvalue weighted by Gasteiger charge is 2.05. The number of aromatic amines is 8. The number of aromatic nitrogens is 8. The Morgan fingerprint density at radius 1 is 0.193 bits per heavy atom. The minimum absolute atomic E-state index is 0.240. The monoisotopic (exact) mass is 1830 g/mol. The van der Waals surface area contributed by atoms with Crippen molar-refractivity contribution in [1.29, 1.82) is 0 Å². The fourth-order valence-corrected chi connectivity index (χ4v) is 18.1. The number of hydrogen-bond acceptors (Lipinski definition) is 16. The van der Waals surface area contributed by atoms with Gasteiger partial charge in [-0.25, -0.2) is 0 Å². The second kappa shape index (κ2) is 31.4. The highest BCUT2D eigenvalue weighted by atomic mass is 79.9. The van der Waals surface area contributed by atoms with Crippen LogP contribution >= 0.6 is 218 Å². The van der Waals surface area contributed by atoms with Gasteiger partial charge in [-0.15, -0.1) is 90.7 Å². The molecule has 0 fully saturated rings. The molecule has 0 unspecified atom stereocenters. The first-order valence-corrected chi connectivity index (χ1v) is 37.2. The molecule has 12 aromatic heterocycles. The van der Waals surface area contributed by atoms with Crippen LogP contribution in [0.5, 0.6) is 0 Å². The first kappa shape index (κ1) is 67.5. The Hall–Kier alpha value is -4.88. The van der Waals surface area contributed by atoms with E-state index in [0.717, 1.165) is 69.3 Å². The Labute approximate surface area is 591 Å². The Balaban J connectivity index is 0.000000140. The van der Waals surface area contributed by atoms with Crippen LogP contribution in [0.1, 0.15) is 39.0 Å². The molecular formula is C56H32Br8N8O8S8. The van der Waals surface area contributed by atoms with Crippen LogP contribution in [0.3, 0.4) is 0 Å². The van der Waals surface area contributed by atoms with Crippen LogP contribution in [-0.4, -0.2) is 39.9 Å². The van der Waals surface area contributed by atoms with Crippen molar-refractivity contribution < 1.29 is 0 Å². The van der Waals surface area contributed by atoms with Crippen LogP contribution in [0.2, 0.25) is 0 Å². The molecule has 16 nitrogen and oxygen atoms in total. The predicted octanol–water partition coefficient (Wildman–Crippen LogP) is 9.48. The molecule has 0 aliphatic rings. The van der Waals surface area contributed by atoms with E-state index in [1.54, 1.807) is 48.6 Å². The van der Waals surface area contributed by atoms with Gasteiger partial charge in [0.25, 0.3) is 44.5 Å². The molecule has 0 saturated carbocycles. The largest absolute Gasteiger partial charge is 0.316 e. The molecule has 0 radical (unpaired) electrons. The zero-order valence-corrected chi connectivity index (χ0v) is 62.6. The molecule has 0 aliphatic carbocycles. The normalized spacial score (nSPS) is 13.0. The molecule has 8 N–H and O–H groups in total. The van der Waals surface area contributed by atoms with Gasteiger partial charge in [-0.1, -0.05) is 0 Å². The number of hydrogen-bond donors (Lipinski definition) is 8. The number of nitrogens with one attached hydrogen (secondary N) is 8. The molecule has 0 saturated heterocycles. The van der Waals surface area contributed by atoms with Gasteiger partial charge in [0.1, 0.15) is 42.8 Å². The molecule has 12 heterocycles. The lowest BCUT2D eigenvalue weighted by Gasteiger charge is -1.90. The molecule has 0 bridgehead atoms. The Morgan fingerprint density at radius 2 is 0.295 bits per heavy atom. The van der Waals surface area contributed by atoms with Crippen molar-refractivity contribution in [2.75, 3.05) is 0 Å². The van der Waals surface area contributed by atoms with Gasteiger partial charge in [-0.3, -0.25) is 38.4 Å². The maximum Gasteiger partial charge on any atom is 0.272 e. The number of H-pyrrole nitrogens is 8. The van der Waals surface area contributed by atoms with Gasteiger partial charge < -0.3 is 39.9 Å². The standard InChI is InChI=1S/4C14H8Br2N2O2S2/c4*15-11-3-1-7(21-11)5-9-13(19)18-10(14(20)17-9)6-8-2-4-12(16)22-8/h4*1-6H,(H,17,20)(H,18,19)/b9-5+,10-6+;2*9-5-,10-6+;9-5-,10-6-. The summed E-state index contributed by atoms with van der Waals surface area (Å²) in [6.07, 6.45) is 13.2. The Bertz CT molecular complexity index is 4580. The lowest BCUT2D eigenvalue weighted by molar-refractivity contribution is 1.00. The minimum Gasteiger partial charge on any atom is -0.316 e. The summed E-state index contributed by atoms with van der Waals surface area (Å²) in [5, 5.41) is 1.92. The predicted molar refractivity (Wildman–Crippen MR) is 392 cm³/mol. The average Bonchev–Trinajstić information content (AvgIpc) is 2.58. The van der Waals surface area contributed by atoms with Crippen molar-refractivity contribution in [3.8, 4) is 0 Å². The van der Waals surface area contributed by atoms with Crippen molar-refractivity contribution in [1.82, 2.24) is 39.9 Å². The van der Waals surface area contributed by atoms with Gasteiger partial charge in [-0.2, -0.15) is 0 Å². The van der Waals surface area contributed by atoms with E-state index in [1.165, 1.54) is 90.7 Å². The van der Waals surface area contributed by atoms with Crippen molar-refractivity contribution >= 4 is 267 Å². The molecule has 0 atom stereocenters. The summed E-state index contributed by atoms with van der Waals surface area (Å²) in [6.45, 7) is 0. The van der Waals surface area contributed by atoms with Gasteiger partial charge >= 0.3 is 0 Å². The second-order valence-corrected chi connectivity index (χ2v) is 37.2. The SMILES string of the molecule is O=c1[nH]/c(=C/c2ccc(Br)s2)c(=O)[nH]/c1=C/c1ccc(Br)s1.O=c1[nH]/c(=C/c2ccc(Br)s2)c(=O)[nH]/c1=C\c1ccc(Br)s1.O=c1[nH]/c(=C/c2ccc(Br)s2)c(=O)[nH]/c1=C\c1ccc(Br)s1.O=c1[nH]/c(=C\c2ccc(Br)s2)c(=O)[nH]/c1=C\c1ccc(Br)s1. The van der Waals surface area contributed by atoms with Gasteiger partial charge in [0, 0.05) is 39.0 Å². The lowest BCUT2D eigenvalue weighted by atomic mass is 10.4. The maximum absolute atomic E-state index is 12.1. The van der Waals surface area contributed by atoms with E-state index in [4.69, 9.17) is 0 Å². The Kier molecular flexibility index (Phi) is 24.1. The molecule has 0 aliphatic heterocycles. The third-order valence-electron chi connectivity index (χ3n) is 11.0. The van der Waals surface area contributed by atoms with Crippen molar-refractivity contribution in [3.63, 3.8) is 0 Å². The summed E-state index contributed by atoms with van der Waals surface area (Å²) in [7, 11) is 0. The first-order valence-electron chi connectivity index (χ1n) is 24.3. The van der Waals surface area contributed by atoms with Crippen LogP contribution in [0.25, 0.3) is 48.6 Å². The van der Waals surface area contributed by atoms with Crippen LogP contribution in [0.4, 0.5) is 0 Å². The molecule has 0 amide bonds. The van der Waals surface area contributed by atoms with E-state index in [0.29, 0.717) is 0 Å². The third-order valence-corrected chi connectivity index (χ3v) is 23.6. The Morgan fingerprint density at radius 3 is 0.375 bits per heavy atom. The fourth-order valence-electron chi connectivity index (χ4n) is 7.17. The second-order valence-electron chi connectivity index (χ2n) is 17.2. The number of halogens is 8. The summed E-state index contributed by atoms with van der Waals surface area (Å²) in [5.74, 6) is 0. The van der Waals surface area contributed by atoms with Crippen LogP contribution in [-0.2, 0) is 0 Å². The van der Waals surface area contributed by atoms with E-state index >= 15 is 0 Å². The zero-order valence-electron chi connectivity index (χ0n) is 43.4. The van der Waals surface area contributed by atoms with Gasteiger partial charge in [0.15, 0.2) is 0 Å². The van der Waals surface area contributed by atoms with Crippen LogP contribution < -0.4 is 87.3 Å². The fraction of sp³-hybridized carbons (Fsp3) is 0. The average molecular weight is 1840 g/mol. The third kappa shape index (κ3) is 19.6. The van der Waals surface area contributed by atoms with Gasteiger partial charge in [0.2, 0.25) is 0 Å². The van der Waals surface area contributed by atoms with E-state index < -0.39 is 0 Å². The summed E-state index contributed by atoms with van der Waals surface area (Å²) in [5.41, 5.74) is -2.62. The first-order chi connectivity index (χ1) is 42.0. The molecule has 88 heavy (non-hydrogen) atoms. The summed E-state index contributed by atoms with van der Waals surface area (Å²) in [6, 6.07) is 30.1. The van der Waals surface area contributed by atoms with E-state index in [-0.39, 0.29) is 87.3 Å². The van der Waals surface area contributed by atoms with Gasteiger partial charge in [-0.05, 0) is 273 Å². The van der Waals surface area contributed by atoms with E-state index in [2.05, 4.69) is 167 Å². The molecule has 0 spiro atoms. The van der Waals surface area contributed by atoms with E-state index in [1.807, 2.05) is 97.1 Å². The van der Waals surface area contributed by atoms with E-state index in [9.17, 15) is 38.4 Å². The van der Waals surface area contributed by atoms with Crippen molar-refractivity contribution in [2.24, 2.45) is 0 Å². The molecule has 448 valence electrons.